The molecule has 0 bridgehead atoms. The van der Waals surface area contributed by atoms with Crippen LogP contribution in [0.4, 0.5) is 0 Å². The Balaban J connectivity index is 0. The van der Waals surface area contributed by atoms with Gasteiger partial charge in [-0.1, -0.05) is 148 Å². The quantitative estimate of drug-likeness (QED) is 0.287. The van der Waals surface area contributed by atoms with Crippen molar-refractivity contribution in [1.82, 2.24) is 5.32 Å². The van der Waals surface area contributed by atoms with Crippen molar-refractivity contribution < 1.29 is 4.79 Å². The van der Waals surface area contributed by atoms with Crippen LogP contribution >= 0.6 is 0 Å². The van der Waals surface area contributed by atoms with Crippen molar-refractivity contribution in [3.8, 4) is 0 Å². The fourth-order valence-corrected chi connectivity index (χ4v) is 5.36. The Morgan fingerprint density at radius 3 is 1.85 bits per heavy atom. The minimum Gasteiger partial charge on any atom is -0.352 e. The first-order valence-electron chi connectivity index (χ1n) is 15.7. The number of benzene rings is 1. The van der Waals surface area contributed by atoms with E-state index in [1.165, 1.54) is 40.7 Å². The first kappa shape index (κ1) is 40.3. The van der Waals surface area contributed by atoms with Gasteiger partial charge in [-0.05, 0) is 66.2 Å². The Kier molecular flexibility index (Phi) is 19.7. The average Bonchev–Trinajstić information content (AvgIpc) is 3.37. The normalized spacial score (nSPS) is 20.4. The maximum absolute atomic E-state index is 9.99. The van der Waals surface area contributed by atoms with Gasteiger partial charge < -0.3 is 5.32 Å². The zero-order valence-electron chi connectivity index (χ0n) is 29.0. The molecule has 2 nitrogen and oxygen atoms in total. The molecule has 0 saturated heterocycles. The third kappa shape index (κ3) is 11.5. The van der Waals surface area contributed by atoms with Crippen molar-refractivity contribution >= 4 is 12.0 Å². The summed E-state index contributed by atoms with van der Waals surface area (Å²) in [6.45, 7) is 38.6. The molecule has 41 heavy (non-hydrogen) atoms. The van der Waals surface area contributed by atoms with Gasteiger partial charge in [0.1, 0.15) is 0 Å². The molecule has 2 unspecified atom stereocenters. The number of nitrogens with one attached hydrogen (secondary N) is 1. The largest absolute Gasteiger partial charge is 0.352 e. The smallest absolute Gasteiger partial charge is 0.207 e. The first-order valence-corrected chi connectivity index (χ1v) is 15.7. The number of hydrogen-bond donors (Lipinski definition) is 1. The summed E-state index contributed by atoms with van der Waals surface area (Å²) in [7, 11) is 0. The van der Waals surface area contributed by atoms with Crippen LogP contribution in [0.25, 0.3) is 5.57 Å². The number of carbonyl (C=O) groups excluding carboxylic acids is 1. The number of aryl methyl sites for hydroxylation is 1. The molecule has 230 valence electrons. The maximum Gasteiger partial charge on any atom is 0.207 e. The van der Waals surface area contributed by atoms with E-state index in [9.17, 15) is 4.79 Å². The highest BCUT2D eigenvalue weighted by Crippen LogP contribution is 2.57. The zero-order chi connectivity index (χ0) is 32.4. The van der Waals surface area contributed by atoms with Crippen molar-refractivity contribution in [3.63, 3.8) is 0 Å². The standard InChI is InChI=1S/C23H30.C8H11NO.3C2H6.C2H4/c1-15-8-10-18(11-9-15)16(2)19-14-20-21(17(19)3)23(6,7)13-12-22(20,4)5;1-7-2-4-8(5-3-7)9-6-10;4*1-2/h8-11,14,17H,2,12-13H2,1,3-7H3;2-4,6,8H,5H2,1H3,(H,9,10);3*1-2H3;1-2H2. The van der Waals surface area contributed by atoms with E-state index in [1.807, 2.05) is 60.6 Å². The Bertz CT molecular complexity index is 1040. The van der Waals surface area contributed by atoms with Gasteiger partial charge in [0.25, 0.3) is 0 Å². The molecule has 0 radical (unpaired) electrons. The van der Waals surface area contributed by atoms with Crippen LogP contribution < -0.4 is 5.32 Å². The third-order valence-electron chi connectivity index (χ3n) is 7.64. The van der Waals surface area contributed by atoms with E-state index in [0.29, 0.717) is 11.3 Å². The molecular formula is C39H63NO. The van der Waals surface area contributed by atoms with Crippen molar-refractivity contribution in [1.29, 1.82) is 0 Å². The highest BCUT2D eigenvalue weighted by atomic mass is 16.1. The minimum absolute atomic E-state index is 0.209. The zero-order valence-corrected chi connectivity index (χ0v) is 29.0. The van der Waals surface area contributed by atoms with Gasteiger partial charge in [0.05, 0.1) is 6.04 Å². The minimum atomic E-state index is 0.209. The second-order valence-corrected chi connectivity index (χ2v) is 11.2. The van der Waals surface area contributed by atoms with E-state index in [1.54, 1.807) is 11.1 Å². The predicted molar refractivity (Wildman–Crippen MR) is 187 cm³/mol. The lowest BCUT2D eigenvalue weighted by atomic mass is 9.62. The van der Waals surface area contributed by atoms with Crippen LogP contribution in [0.15, 0.2) is 90.6 Å². The number of carbonyl (C=O) groups is 1. The summed E-state index contributed by atoms with van der Waals surface area (Å²) in [5.74, 6) is 0.480. The molecule has 1 aromatic rings. The van der Waals surface area contributed by atoms with Gasteiger partial charge >= 0.3 is 0 Å². The molecule has 4 rings (SSSR count). The number of hydrogen-bond acceptors (Lipinski definition) is 1. The lowest BCUT2D eigenvalue weighted by Crippen LogP contribution is -2.30. The van der Waals surface area contributed by atoms with Crippen LogP contribution in [0.2, 0.25) is 0 Å². The lowest BCUT2D eigenvalue weighted by Gasteiger charge is -2.42. The summed E-state index contributed by atoms with van der Waals surface area (Å²) in [6, 6.07) is 8.99. The molecule has 0 saturated carbocycles. The molecule has 2 heteroatoms. The van der Waals surface area contributed by atoms with Crippen LogP contribution in [-0.4, -0.2) is 12.5 Å². The van der Waals surface area contributed by atoms with Crippen LogP contribution in [0.5, 0.6) is 0 Å². The summed E-state index contributed by atoms with van der Waals surface area (Å²) in [6.07, 6.45) is 12.8. The van der Waals surface area contributed by atoms with Crippen LogP contribution in [0.3, 0.4) is 0 Å². The molecule has 1 aromatic carbocycles. The van der Waals surface area contributed by atoms with E-state index in [4.69, 9.17) is 0 Å². The summed E-state index contributed by atoms with van der Waals surface area (Å²) in [5, 5.41) is 2.69. The molecule has 0 aliphatic heterocycles. The fourth-order valence-electron chi connectivity index (χ4n) is 5.36. The highest BCUT2D eigenvalue weighted by molar-refractivity contribution is 5.81. The second kappa shape index (κ2) is 20.1. The Morgan fingerprint density at radius 2 is 1.41 bits per heavy atom. The third-order valence-corrected chi connectivity index (χ3v) is 7.64. The molecule has 0 fully saturated rings. The number of allylic oxidation sites excluding steroid dienone is 7. The summed E-state index contributed by atoms with van der Waals surface area (Å²) >= 11 is 0. The summed E-state index contributed by atoms with van der Waals surface area (Å²) in [4.78, 5) is 9.99. The van der Waals surface area contributed by atoms with Crippen molar-refractivity contribution in [2.45, 2.75) is 115 Å². The van der Waals surface area contributed by atoms with Crippen molar-refractivity contribution in [2.75, 3.05) is 0 Å². The topological polar surface area (TPSA) is 29.1 Å². The lowest BCUT2D eigenvalue weighted by molar-refractivity contribution is -0.109. The van der Waals surface area contributed by atoms with Crippen molar-refractivity contribution in [2.24, 2.45) is 16.7 Å². The van der Waals surface area contributed by atoms with Gasteiger partial charge in [0, 0.05) is 5.92 Å². The van der Waals surface area contributed by atoms with Gasteiger partial charge in [-0.25, -0.2) is 0 Å². The van der Waals surface area contributed by atoms with Crippen LogP contribution in [-0.2, 0) is 4.79 Å². The summed E-state index contributed by atoms with van der Waals surface area (Å²) < 4.78 is 0. The first-order chi connectivity index (χ1) is 19.5. The van der Waals surface area contributed by atoms with E-state index in [0.717, 1.165) is 12.8 Å². The van der Waals surface area contributed by atoms with E-state index >= 15 is 0 Å². The van der Waals surface area contributed by atoms with Gasteiger partial charge in [0.2, 0.25) is 6.41 Å². The molecular weight excluding hydrogens is 498 g/mol. The molecule has 0 spiro atoms. The monoisotopic (exact) mass is 561 g/mol. The van der Waals surface area contributed by atoms with Crippen LogP contribution in [0, 0.1) is 23.7 Å². The predicted octanol–water partition coefficient (Wildman–Crippen LogP) is 11.6. The summed E-state index contributed by atoms with van der Waals surface area (Å²) in [5.41, 5.74) is 10.2. The number of amides is 1. The Morgan fingerprint density at radius 1 is 0.902 bits per heavy atom. The van der Waals surface area contributed by atoms with Gasteiger partial charge in [-0.3, -0.25) is 4.79 Å². The molecule has 1 amide bonds. The molecule has 3 aliphatic carbocycles. The SMILES string of the molecule is C=C.C=C(C1=CC2=C(C1C)C(C)(C)CCC2(C)C)c1ccc(C)cc1.CC.CC.CC.CC1=CCC(NC=O)C=C1. The average molecular weight is 562 g/mol. The van der Waals surface area contributed by atoms with E-state index < -0.39 is 0 Å². The fraction of sp³-hybridized carbons (Fsp3) is 0.513. The Hall–Kier alpha value is -2.87. The maximum atomic E-state index is 9.99. The Labute approximate surface area is 255 Å². The van der Waals surface area contributed by atoms with Crippen molar-refractivity contribution in [3.05, 3.63) is 102 Å². The molecule has 2 atom stereocenters. The van der Waals surface area contributed by atoms with Crippen LogP contribution in [0.1, 0.15) is 113 Å². The molecule has 0 aromatic heterocycles. The van der Waals surface area contributed by atoms with E-state index in [-0.39, 0.29) is 11.5 Å². The van der Waals surface area contributed by atoms with Gasteiger partial charge in [-0.2, -0.15) is 0 Å². The van der Waals surface area contributed by atoms with Gasteiger partial charge in [-0.15, -0.1) is 13.2 Å². The highest BCUT2D eigenvalue weighted by Gasteiger charge is 2.44. The van der Waals surface area contributed by atoms with Gasteiger partial charge in [0.15, 0.2) is 0 Å². The molecule has 3 aliphatic rings. The molecule has 0 heterocycles. The molecule has 1 N–H and O–H groups in total. The van der Waals surface area contributed by atoms with E-state index in [2.05, 4.69) is 103 Å². The number of rotatable bonds is 4. The second-order valence-electron chi connectivity index (χ2n) is 11.2.